The fourth-order valence-electron chi connectivity index (χ4n) is 3.14. The third-order valence-electron chi connectivity index (χ3n) is 4.74. The first kappa shape index (κ1) is 22.4. The maximum Gasteiger partial charge on any atom is 0.339 e. The average Bonchev–Trinajstić information content (AvgIpc) is 2.82. The molecule has 0 N–H and O–H groups in total. The summed E-state index contributed by atoms with van der Waals surface area (Å²) in [4.78, 5) is 31.2. The van der Waals surface area contributed by atoms with Gasteiger partial charge in [-0.1, -0.05) is 18.2 Å². The molecule has 1 heterocycles. The van der Waals surface area contributed by atoms with E-state index in [9.17, 15) is 14.0 Å². The van der Waals surface area contributed by atoms with Crippen molar-refractivity contribution in [2.45, 2.75) is 12.8 Å². The molecule has 3 rings (SSSR count). The van der Waals surface area contributed by atoms with E-state index in [4.69, 9.17) is 15.3 Å². The SMILES string of the molecule is N#CCCN(CCC#N)C(=O)COC(=O)c1cc(-c2ccc(F)cc2)nc2ccccc12. The largest absolute Gasteiger partial charge is 0.452 e. The van der Waals surface area contributed by atoms with E-state index in [1.54, 1.807) is 42.5 Å². The minimum Gasteiger partial charge on any atom is -0.452 e. The number of nitrogens with zero attached hydrogens (tertiary/aromatic N) is 4. The van der Waals surface area contributed by atoms with Crippen LogP contribution in [0.3, 0.4) is 0 Å². The minimum atomic E-state index is -0.708. The first-order valence-electron chi connectivity index (χ1n) is 9.88. The van der Waals surface area contributed by atoms with Gasteiger partial charge in [-0.2, -0.15) is 10.5 Å². The van der Waals surface area contributed by atoms with Gasteiger partial charge in [-0.15, -0.1) is 0 Å². The van der Waals surface area contributed by atoms with Crippen molar-refractivity contribution < 1.29 is 18.7 Å². The number of para-hydroxylation sites is 1. The zero-order valence-corrected chi connectivity index (χ0v) is 17.1. The lowest BCUT2D eigenvalue weighted by molar-refractivity contribution is -0.134. The molecule has 160 valence electrons. The van der Waals surface area contributed by atoms with Crippen LogP contribution >= 0.6 is 0 Å². The summed E-state index contributed by atoms with van der Waals surface area (Å²) in [6.07, 6.45) is 0.224. The van der Waals surface area contributed by atoms with Crippen molar-refractivity contribution in [2.24, 2.45) is 0 Å². The van der Waals surface area contributed by atoms with Crippen LogP contribution in [0.25, 0.3) is 22.2 Å². The Bertz CT molecular complexity index is 1190. The molecule has 0 saturated carbocycles. The summed E-state index contributed by atoms with van der Waals surface area (Å²) >= 11 is 0. The highest BCUT2D eigenvalue weighted by Gasteiger charge is 2.19. The van der Waals surface area contributed by atoms with E-state index >= 15 is 0 Å². The Morgan fingerprint density at radius 2 is 1.66 bits per heavy atom. The lowest BCUT2D eigenvalue weighted by atomic mass is 10.0. The summed E-state index contributed by atoms with van der Waals surface area (Å²) in [5, 5.41) is 18.1. The number of carbonyl (C=O) groups is 2. The molecule has 1 aromatic heterocycles. The summed E-state index contributed by atoms with van der Waals surface area (Å²) in [5.41, 5.74) is 1.87. The van der Waals surface area contributed by atoms with Crippen molar-refractivity contribution in [3.8, 4) is 23.4 Å². The fraction of sp³-hybridized carbons (Fsp3) is 0.208. The number of ether oxygens (including phenoxy) is 1. The van der Waals surface area contributed by atoms with Crippen molar-refractivity contribution in [2.75, 3.05) is 19.7 Å². The van der Waals surface area contributed by atoms with Crippen LogP contribution in [0.1, 0.15) is 23.2 Å². The van der Waals surface area contributed by atoms with Crippen molar-refractivity contribution in [1.29, 1.82) is 10.5 Å². The van der Waals surface area contributed by atoms with E-state index in [2.05, 4.69) is 4.98 Å². The van der Waals surface area contributed by atoms with Gasteiger partial charge in [-0.3, -0.25) is 4.79 Å². The topological polar surface area (TPSA) is 107 Å². The molecule has 0 aliphatic carbocycles. The van der Waals surface area contributed by atoms with Crippen LogP contribution in [0, 0.1) is 28.5 Å². The van der Waals surface area contributed by atoms with Crippen LogP contribution in [0.2, 0.25) is 0 Å². The smallest absolute Gasteiger partial charge is 0.339 e. The molecule has 0 aliphatic heterocycles. The molecule has 0 atom stereocenters. The van der Waals surface area contributed by atoms with Crippen LogP contribution in [0.15, 0.2) is 54.6 Å². The van der Waals surface area contributed by atoms with E-state index in [-0.39, 0.29) is 37.3 Å². The van der Waals surface area contributed by atoms with Gasteiger partial charge < -0.3 is 9.64 Å². The number of carbonyl (C=O) groups excluding carboxylic acids is 2. The van der Waals surface area contributed by atoms with Crippen LogP contribution in [-0.2, 0) is 9.53 Å². The molecule has 0 unspecified atom stereocenters. The molecule has 0 saturated heterocycles. The van der Waals surface area contributed by atoms with E-state index in [0.29, 0.717) is 22.2 Å². The third kappa shape index (κ3) is 5.44. The number of hydrogen-bond acceptors (Lipinski definition) is 6. The number of esters is 1. The molecule has 32 heavy (non-hydrogen) atoms. The maximum atomic E-state index is 13.3. The standard InChI is InChI=1S/C24H19FN4O3/c25-18-9-7-17(8-10-18)22-15-20(19-5-1-2-6-21(19)28-22)24(31)32-16-23(30)29(13-3-11-26)14-4-12-27/h1-2,5-10,15H,3-4,13-14,16H2. The molecule has 1 amide bonds. The number of benzene rings is 2. The number of amides is 1. The first-order valence-corrected chi connectivity index (χ1v) is 9.88. The monoisotopic (exact) mass is 430 g/mol. The van der Waals surface area contributed by atoms with E-state index in [1.165, 1.54) is 17.0 Å². The normalized spacial score (nSPS) is 10.2. The Kier molecular flexibility index (Phi) is 7.45. The Morgan fingerprint density at radius 1 is 1.00 bits per heavy atom. The van der Waals surface area contributed by atoms with Crippen molar-refractivity contribution >= 4 is 22.8 Å². The molecule has 0 spiro atoms. The molecular weight excluding hydrogens is 411 g/mol. The van der Waals surface area contributed by atoms with Crippen LogP contribution < -0.4 is 0 Å². The summed E-state index contributed by atoms with van der Waals surface area (Å²) in [6.45, 7) is -0.207. The van der Waals surface area contributed by atoms with Gasteiger partial charge in [-0.25, -0.2) is 14.2 Å². The summed E-state index contributed by atoms with van der Waals surface area (Å²) in [5.74, 6) is -1.58. The van der Waals surface area contributed by atoms with Crippen molar-refractivity contribution in [3.63, 3.8) is 0 Å². The second-order valence-corrected chi connectivity index (χ2v) is 6.85. The molecule has 0 aliphatic rings. The molecule has 0 bridgehead atoms. The molecule has 8 heteroatoms. The number of aromatic nitrogens is 1. The van der Waals surface area contributed by atoms with Gasteiger partial charge in [-0.05, 0) is 36.4 Å². The van der Waals surface area contributed by atoms with Gasteiger partial charge in [0, 0.05) is 24.0 Å². The second kappa shape index (κ2) is 10.6. The minimum absolute atomic E-state index is 0.112. The number of nitriles is 2. The Hall–Kier alpha value is -4.30. The van der Waals surface area contributed by atoms with Gasteiger partial charge in [0.1, 0.15) is 5.82 Å². The number of hydrogen-bond donors (Lipinski definition) is 0. The highest BCUT2D eigenvalue weighted by atomic mass is 19.1. The third-order valence-corrected chi connectivity index (χ3v) is 4.74. The van der Waals surface area contributed by atoms with E-state index < -0.39 is 18.5 Å². The predicted octanol–water partition coefficient (Wildman–Crippen LogP) is 3.85. The van der Waals surface area contributed by atoms with Crippen molar-refractivity contribution in [3.05, 3.63) is 66.0 Å². The summed E-state index contributed by atoms with van der Waals surface area (Å²) < 4.78 is 18.6. The quantitative estimate of drug-likeness (QED) is 0.503. The zero-order chi connectivity index (χ0) is 22.9. The lowest BCUT2D eigenvalue weighted by Gasteiger charge is -2.20. The maximum absolute atomic E-state index is 13.3. The Balaban J connectivity index is 1.84. The molecule has 0 fully saturated rings. The molecule has 0 radical (unpaired) electrons. The predicted molar refractivity (Wildman–Crippen MR) is 114 cm³/mol. The van der Waals surface area contributed by atoms with Gasteiger partial charge >= 0.3 is 5.97 Å². The summed E-state index contributed by atoms with van der Waals surface area (Å²) in [7, 11) is 0. The molecule has 3 aromatic rings. The second-order valence-electron chi connectivity index (χ2n) is 6.85. The van der Waals surface area contributed by atoms with E-state index in [0.717, 1.165) is 0 Å². The lowest BCUT2D eigenvalue weighted by Crippen LogP contribution is -2.36. The van der Waals surface area contributed by atoms with Crippen LogP contribution in [0.4, 0.5) is 4.39 Å². The molecular formula is C24H19FN4O3. The first-order chi connectivity index (χ1) is 15.5. The van der Waals surface area contributed by atoms with Crippen LogP contribution in [0.5, 0.6) is 0 Å². The number of halogens is 1. The van der Waals surface area contributed by atoms with Gasteiger partial charge in [0.25, 0.3) is 5.91 Å². The fourth-order valence-corrected chi connectivity index (χ4v) is 3.14. The number of fused-ring (bicyclic) bond motifs is 1. The van der Waals surface area contributed by atoms with Gasteiger partial charge in [0.15, 0.2) is 6.61 Å². The average molecular weight is 430 g/mol. The molecule has 2 aromatic carbocycles. The molecule has 7 nitrogen and oxygen atoms in total. The Morgan fingerprint density at radius 3 is 2.31 bits per heavy atom. The van der Waals surface area contributed by atoms with Gasteiger partial charge in [0.2, 0.25) is 0 Å². The van der Waals surface area contributed by atoms with Gasteiger partial charge in [0.05, 0.1) is 41.8 Å². The van der Waals surface area contributed by atoms with Crippen LogP contribution in [-0.4, -0.2) is 41.5 Å². The van der Waals surface area contributed by atoms with E-state index in [1.807, 2.05) is 12.1 Å². The zero-order valence-electron chi connectivity index (χ0n) is 17.1. The highest BCUT2D eigenvalue weighted by Crippen LogP contribution is 2.25. The number of pyridine rings is 1. The van der Waals surface area contributed by atoms with Crippen molar-refractivity contribution in [1.82, 2.24) is 9.88 Å². The highest BCUT2D eigenvalue weighted by molar-refractivity contribution is 6.05. The summed E-state index contributed by atoms with van der Waals surface area (Å²) in [6, 6.07) is 18.2. The Labute approximate surface area is 184 Å². The number of rotatable bonds is 8.